The minimum absolute atomic E-state index is 0. The fraction of sp³-hybridized carbons (Fsp3) is 0.588. The van der Waals surface area contributed by atoms with E-state index in [0.29, 0.717) is 24.0 Å². The Bertz CT molecular complexity index is 708. The summed E-state index contributed by atoms with van der Waals surface area (Å²) < 4.78 is 28.4. The second kappa shape index (κ2) is 7.93. The third kappa shape index (κ3) is 4.65. The molecule has 1 heterocycles. The molecule has 1 aliphatic carbocycles. The van der Waals surface area contributed by atoms with Crippen molar-refractivity contribution in [2.75, 3.05) is 26.0 Å². The molecule has 140 valence electrons. The fourth-order valence-corrected chi connectivity index (χ4v) is 4.34. The molecule has 1 saturated carbocycles. The van der Waals surface area contributed by atoms with E-state index in [4.69, 9.17) is 10.5 Å². The van der Waals surface area contributed by atoms with E-state index in [-0.39, 0.29) is 35.9 Å². The van der Waals surface area contributed by atoms with Crippen LogP contribution in [0.25, 0.3) is 0 Å². The minimum Gasteiger partial charge on any atom is -0.493 e. The molecular formula is C17H25ClN2O4S. The third-order valence-corrected chi connectivity index (χ3v) is 6.23. The third-order valence-electron chi connectivity index (χ3n) is 5.10. The van der Waals surface area contributed by atoms with Crippen molar-refractivity contribution in [3.8, 4) is 5.75 Å². The molecule has 25 heavy (non-hydrogen) atoms. The summed E-state index contributed by atoms with van der Waals surface area (Å²) in [7, 11) is -3.20. The second-order valence-electron chi connectivity index (χ2n) is 6.81. The molecule has 0 aromatic heterocycles. The lowest BCUT2D eigenvalue weighted by Crippen LogP contribution is -2.34. The standard InChI is InChI=1S/C17H24N2O4S.ClH/c1-24(21,22)14-5-3-13(4-6-14)23-9-8-17(20)19-10-12-2-7-16(18)15(12)11-19;/h3-6,12,15-16H,2,7-11,18H2,1H3;1H. The van der Waals surface area contributed by atoms with Gasteiger partial charge in [-0.3, -0.25) is 4.79 Å². The van der Waals surface area contributed by atoms with E-state index in [0.717, 1.165) is 25.9 Å². The van der Waals surface area contributed by atoms with Gasteiger partial charge in [0.05, 0.1) is 17.9 Å². The summed E-state index contributed by atoms with van der Waals surface area (Å²) in [5.41, 5.74) is 6.10. The highest BCUT2D eigenvalue weighted by atomic mass is 35.5. The van der Waals surface area contributed by atoms with Crippen LogP contribution in [-0.2, 0) is 14.6 Å². The molecule has 1 aromatic rings. The van der Waals surface area contributed by atoms with Crippen LogP contribution in [0.2, 0.25) is 0 Å². The van der Waals surface area contributed by atoms with Crippen molar-refractivity contribution in [1.29, 1.82) is 0 Å². The van der Waals surface area contributed by atoms with Gasteiger partial charge in [0.15, 0.2) is 9.84 Å². The van der Waals surface area contributed by atoms with Crippen LogP contribution in [0, 0.1) is 11.8 Å². The number of likely N-dealkylation sites (tertiary alicyclic amines) is 1. The zero-order valence-corrected chi connectivity index (χ0v) is 15.9. The van der Waals surface area contributed by atoms with Crippen molar-refractivity contribution in [2.45, 2.75) is 30.2 Å². The summed E-state index contributed by atoms with van der Waals surface area (Å²) in [5.74, 6) is 1.69. The van der Waals surface area contributed by atoms with Crippen LogP contribution in [0.4, 0.5) is 0 Å². The lowest BCUT2D eigenvalue weighted by molar-refractivity contribution is -0.131. The lowest BCUT2D eigenvalue weighted by Gasteiger charge is -2.19. The summed E-state index contributed by atoms with van der Waals surface area (Å²) >= 11 is 0. The fourth-order valence-electron chi connectivity index (χ4n) is 3.71. The number of sulfone groups is 1. The summed E-state index contributed by atoms with van der Waals surface area (Å²) in [6.45, 7) is 1.88. The van der Waals surface area contributed by atoms with Crippen molar-refractivity contribution in [3.05, 3.63) is 24.3 Å². The molecule has 8 heteroatoms. The van der Waals surface area contributed by atoms with Gasteiger partial charge < -0.3 is 15.4 Å². The number of fused-ring (bicyclic) bond motifs is 1. The zero-order chi connectivity index (χ0) is 17.3. The molecular weight excluding hydrogens is 364 g/mol. The number of rotatable bonds is 5. The number of hydrogen-bond donors (Lipinski definition) is 1. The number of hydrogen-bond acceptors (Lipinski definition) is 5. The predicted octanol–water partition coefficient (Wildman–Crippen LogP) is 1.48. The molecule has 0 spiro atoms. The van der Waals surface area contributed by atoms with Crippen molar-refractivity contribution in [1.82, 2.24) is 4.90 Å². The monoisotopic (exact) mass is 388 g/mol. The van der Waals surface area contributed by atoms with Gasteiger partial charge in [0.1, 0.15) is 5.75 Å². The Kier molecular flexibility index (Phi) is 6.35. The summed E-state index contributed by atoms with van der Waals surface area (Å²) in [4.78, 5) is 14.4. The van der Waals surface area contributed by atoms with Gasteiger partial charge in [0, 0.05) is 25.4 Å². The van der Waals surface area contributed by atoms with Gasteiger partial charge in [-0.15, -0.1) is 12.4 Å². The Hall–Kier alpha value is -1.31. The summed E-state index contributed by atoms with van der Waals surface area (Å²) in [5, 5.41) is 0. The SMILES string of the molecule is CS(=O)(=O)c1ccc(OCCC(=O)N2CC3CCC(N)C3C2)cc1.Cl. The first-order chi connectivity index (χ1) is 11.3. The van der Waals surface area contributed by atoms with Crippen molar-refractivity contribution < 1.29 is 17.9 Å². The van der Waals surface area contributed by atoms with Crippen LogP contribution >= 0.6 is 12.4 Å². The normalized spacial score (nSPS) is 25.4. The van der Waals surface area contributed by atoms with E-state index < -0.39 is 9.84 Å². The van der Waals surface area contributed by atoms with Gasteiger partial charge in [-0.25, -0.2) is 8.42 Å². The van der Waals surface area contributed by atoms with Crippen molar-refractivity contribution in [3.63, 3.8) is 0 Å². The molecule has 2 aliphatic rings. The van der Waals surface area contributed by atoms with E-state index in [2.05, 4.69) is 0 Å². The number of nitrogens with zero attached hydrogens (tertiary/aromatic N) is 1. The lowest BCUT2D eigenvalue weighted by atomic mass is 9.98. The maximum absolute atomic E-state index is 12.3. The van der Waals surface area contributed by atoms with Gasteiger partial charge in [0.2, 0.25) is 5.91 Å². The molecule has 0 radical (unpaired) electrons. The molecule has 6 nitrogen and oxygen atoms in total. The van der Waals surface area contributed by atoms with Gasteiger partial charge in [-0.2, -0.15) is 0 Å². The maximum Gasteiger partial charge on any atom is 0.226 e. The van der Waals surface area contributed by atoms with Gasteiger partial charge >= 0.3 is 0 Å². The minimum atomic E-state index is -3.20. The Morgan fingerprint density at radius 3 is 2.52 bits per heavy atom. The van der Waals surface area contributed by atoms with Crippen LogP contribution in [-0.4, -0.2) is 51.2 Å². The quantitative estimate of drug-likeness (QED) is 0.825. The molecule has 1 aliphatic heterocycles. The maximum atomic E-state index is 12.3. The first-order valence-corrected chi connectivity index (χ1v) is 10.2. The van der Waals surface area contributed by atoms with Gasteiger partial charge in [-0.05, 0) is 48.9 Å². The number of halogens is 1. The summed E-state index contributed by atoms with van der Waals surface area (Å²) in [6.07, 6.45) is 3.68. The van der Waals surface area contributed by atoms with Gasteiger partial charge in [-0.1, -0.05) is 0 Å². The number of ether oxygens (including phenoxy) is 1. The average Bonchev–Trinajstić information content (AvgIpc) is 3.09. The van der Waals surface area contributed by atoms with Crippen LogP contribution < -0.4 is 10.5 Å². The van der Waals surface area contributed by atoms with Crippen molar-refractivity contribution in [2.24, 2.45) is 17.6 Å². The first kappa shape index (κ1) is 20.0. The van der Waals surface area contributed by atoms with Crippen LogP contribution in [0.3, 0.4) is 0 Å². The summed E-state index contributed by atoms with van der Waals surface area (Å²) in [6, 6.07) is 6.48. The molecule has 3 atom stereocenters. The van der Waals surface area contributed by atoms with Crippen LogP contribution in [0.5, 0.6) is 5.75 Å². The topological polar surface area (TPSA) is 89.7 Å². The predicted molar refractivity (Wildman–Crippen MR) is 97.7 cm³/mol. The largest absolute Gasteiger partial charge is 0.493 e. The Balaban J connectivity index is 0.00000225. The first-order valence-electron chi connectivity index (χ1n) is 8.31. The Morgan fingerprint density at radius 2 is 1.92 bits per heavy atom. The Labute approximate surface area is 155 Å². The van der Waals surface area contributed by atoms with E-state index in [1.807, 2.05) is 4.90 Å². The number of nitrogens with two attached hydrogens (primary N) is 1. The second-order valence-corrected chi connectivity index (χ2v) is 8.82. The molecule has 2 fully saturated rings. The molecule has 3 rings (SSSR count). The average molecular weight is 389 g/mol. The van der Waals surface area contributed by atoms with Crippen LogP contribution in [0.1, 0.15) is 19.3 Å². The number of benzene rings is 1. The van der Waals surface area contributed by atoms with E-state index >= 15 is 0 Å². The highest BCUT2D eigenvalue weighted by Crippen LogP contribution is 2.37. The molecule has 2 N–H and O–H groups in total. The highest BCUT2D eigenvalue weighted by molar-refractivity contribution is 7.90. The highest BCUT2D eigenvalue weighted by Gasteiger charge is 2.42. The van der Waals surface area contributed by atoms with E-state index in [9.17, 15) is 13.2 Å². The van der Waals surface area contributed by atoms with Crippen molar-refractivity contribution >= 4 is 28.2 Å². The van der Waals surface area contributed by atoms with E-state index in [1.54, 1.807) is 12.1 Å². The number of carbonyl (C=O) groups excluding carboxylic acids is 1. The Morgan fingerprint density at radius 1 is 1.24 bits per heavy atom. The smallest absolute Gasteiger partial charge is 0.226 e. The molecule has 1 saturated heterocycles. The van der Waals surface area contributed by atoms with Crippen LogP contribution in [0.15, 0.2) is 29.2 Å². The molecule has 0 bridgehead atoms. The number of amides is 1. The molecule has 1 amide bonds. The van der Waals surface area contributed by atoms with E-state index in [1.165, 1.54) is 18.4 Å². The number of carbonyl (C=O) groups is 1. The van der Waals surface area contributed by atoms with Gasteiger partial charge in [0.25, 0.3) is 0 Å². The molecule has 3 unspecified atom stereocenters. The zero-order valence-electron chi connectivity index (χ0n) is 14.3. The molecule has 1 aromatic carbocycles.